The van der Waals surface area contributed by atoms with Crippen LogP contribution in [-0.4, -0.2) is 16.8 Å². The van der Waals surface area contributed by atoms with Gasteiger partial charge in [-0.2, -0.15) is 0 Å². The van der Waals surface area contributed by atoms with Crippen molar-refractivity contribution in [3.05, 3.63) is 11.8 Å². The van der Waals surface area contributed by atoms with Gasteiger partial charge in [0.1, 0.15) is 0 Å². The highest BCUT2D eigenvalue weighted by molar-refractivity contribution is 4.83. The molecule has 0 aromatic carbocycles. The molecule has 0 atom stereocenters. The molecule has 0 saturated carbocycles. The van der Waals surface area contributed by atoms with Crippen molar-refractivity contribution in [3.63, 3.8) is 0 Å². The minimum absolute atomic E-state index is 0.00492. The third-order valence-electron chi connectivity index (χ3n) is 1.21. The van der Waals surface area contributed by atoms with Crippen LogP contribution in [0.25, 0.3) is 0 Å². The summed E-state index contributed by atoms with van der Waals surface area (Å²) in [7, 11) is 0. The summed E-state index contributed by atoms with van der Waals surface area (Å²) in [5.74, 6) is 0.191. The van der Waals surface area contributed by atoms with Crippen molar-refractivity contribution in [3.8, 4) is 0 Å². The maximum atomic E-state index is 8.92. The van der Waals surface area contributed by atoms with Crippen LogP contribution < -0.4 is 0 Å². The molecule has 59 valence electrons. The zero-order valence-electron chi connectivity index (χ0n) is 6.43. The van der Waals surface area contributed by atoms with Gasteiger partial charge in [-0.3, -0.25) is 0 Å². The third-order valence-corrected chi connectivity index (χ3v) is 1.21. The van der Waals surface area contributed by atoms with E-state index in [-0.39, 0.29) is 12.4 Å². The van der Waals surface area contributed by atoms with Gasteiger partial charge in [-0.15, -0.1) is 0 Å². The predicted molar refractivity (Wildman–Crippen MR) is 40.6 cm³/mol. The van der Waals surface area contributed by atoms with E-state index in [1.165, 1.54) is 0 Å². The molecule has 0 aromatic rings. The lowest BCUT2D eigenvalue weighted by molar-refractivity contribution is 0.266. The zero-order chi connectivity index (χ0) is 7.82. The molecule has 2 N–H and O–H groups in total. The summed E-state index contributed by atoms with van der Waals surface area (Å²) in [6.45, 7) is 2.09. The number of hydrogen-bond donors (Lipinski definition) is 2. The van der Waals surface area contributed by atoms with E-state index in [1.54, 1.807) is 0 Å². The largest absolute Gasteiger partial charge is 0.512 e. The molecule has 10 heavy (non-hydrogen) atoms. The summed E-state index contributed by atoms with van der Waals surface area (Å²) in [6, 6.07) is 0. The standard InChI is InChI=1S/C8H15O2/c1-2-3-4-5-8(10)6-7-9/h9-10H,2-4,6-7H2,1H3. The Kier molecular flexibility index (Phi) is 6.29. The molecule has 1 radical (unpaired) electrons. The predicted octanol–water partition coefficient (Wildman–Crippen LogP) is 1.80. The lowest BCUT2D eigenvalue weighted by Gasteiger charge is -1.94. The van der Waals surface area contributed by atoms with Crippen molar-refractivity contribution in [1.82, 2.24) is 0 Å². The van der Waals surface area contributed by atoms with E-state index < -0.39 is 0 Å². The van der Waals surface area contributed by atoms with Crippen LogP contribution in [0, 0.1) is 6.08 Å². The minimum Gasteiger partial charge on any atom is -0.512 e. The molecule has 0 aliphatic carbocycles. The molecule has 0 saturated heterocycles. The minimum atomic E-state index is 0.00492. The zero-order valence-corrected chi connectivity index (χ0v) is 6.43. The summed E-state index contributed by atoms with van der Waals surface area (Å²) < 4.78 is 0. The van der Waals surface area contributed by atoms with Crippen molar-refractivity contribution in [2.75, 3.05) is 6.61 Å². The van der Waals surface area contributed by atoms with E-state index in [0.29, 0.717) is 6.42 Å². The Morgan fingerprint density at radius 3 is 2.70 bits per heavy atom. The van der Waals surface area contributed by atoms with Crippen molar-refractivity contribution in [2.24, 2.45) is 0 Å². The van der Waals surface area contributed by atoms with Crippen molar-refractivity contribution in [1.29, 1.82) is 0 Å². The van der Waals surface area contributed by atoms with Gasteiger partial charge in [-0.25, -0.2) is 0 Å². The second-order valence-corrected chi connectivity index (χ2v) is 2.20. The van der Waals surface area contributed by atoms with Gasteiger partial charge in [0.15, 0.2) is 0 Å². The van der Waals surface area contributed by atoms with Gasteiger partial charge in [-0.05, 0) is 18.9 Å². The molecule has 0 heterocycles. The van der Waals surface area contributed by atoms with Gasteiger partial charge in [-0.1, -0.05) is 13.3 Å². The molecule has 2 nitrogen and oxygen atoms in total. The molecule has 0 aliphatic heterocycles. The summed E-state index contributed by atoms with van der Waals surface area (Å²) in [5, 5.41) is 17.3. The molecule has 0 unspecified atom stereocenters. The molecular formula is C8H15O2. The van der Waals surface area contributed by atoms with Crippen molar-refractivity contribution in [2.45, 2.75) is 32.6 Å². The molecule has 0 aliphatic rings. The number of aliphatic hydroxyl groups is 2. The second kappa shape index (κ2) is 6.62. The average Bonchev–Trinajstić information content (AvgIpc) is 1.89. The van der Waals surface area contributed by atoms with Gasteiger partial charge in [0.05, 0.1) is 12.4 Å². The topological polar surface area (TPSA) is 40.5 Å². The fourth-order valence-corrected chi connectivity index (χ4v) is 0.604. The van der Waals surface area contributed by atoms with E-state index in [4.69, 9.17) is 10.2 Å². The average molecular weight is 143 g/mol. The number of rotatable bonds is 5. The van der Waals surface area contributed by atoms with E-state index in [1.807, 2.05) is 0 Å². The first-order chi connectivity index (χ1) is 4.81. The maximum Gasteiger partial charge on any atom is 0.0981 e. The Hall–Kier alpha value is -0.500. The lowest BCUT2D eigenvalue weighted by atomic mass is 10.2. The number of hydrogen-bond acceptors (Lipinski definition) is 2. The van der Waals surface area contributed by atoms with Crippen LogP contribution in [0.5, 0.6) is 0 Å². The highest BCUT2D eigenvalue weighted by Crippen LogP contribution is 1.99. The van der Waals surface area contributed by atoms with E-state index in [0.717, 1.165) is 19.3 Å². The molecule has 0 aromatic heterocycles. The first-order valence-corrected chi connectivity index (χ1v) is 3.70. The highest BCUT2D eigenvalue weighted by Gasteiger charge is 1.90. The monoisotopic (exact) mass is 143 g/mol. The van der Waals surface area contributed by atoms with Gasteiger partial charge < -0.3 is 10.2 Å². The van der Waals surface area contributed by atoms with Gasteiger partial charge >= 0.3 is 0 Å². The summed E-state index contributed by atoms with van der Waals surface area (Å²) in [6.07, 6.45) is 6.09. The molecule has 0 amide bonds. The van der Waals surface area contributed by atoms with Crippen LogP contribution in [-0.2, 0) is 0 Å². The summed E-state index contributed by atoms with van der Waals surface area (Å²) in [4.78, 5) is 0. The van der Waals surface area contributed by atoms with Gasteiger partial charge in [0, 0.05) is 6.42 Å². The van der Waals surface area contributed by atoms with Crippen LogP contribution in [0.15, 0.2) is 5.76 Å². The van der Waals surface area contributed by atoms with Gasteiger partial charge in [0.2, 0.25) is 0 Å². The van der Waals surface area contributed by atoms with Crippen molar-refractivity contribution >= 4 is 0 Å². The maximum absolute atomic E-state index is 8.92. The molecule has 0 fully saturated rings. The molecule has 2 heteroatoms. The highest BCUT2D eigenvalue weighted by atomic mass is 16.3. The van der Waals surface area contributed by atoms with E-state index in [9.17, 15) is 0 Å². The SMILES string of the molecule is CCCC/[C]=C(\O)CCO. The van der Waals surface area contributed by atoms with Crippen LogP contribution in [0.1, 0.15) is 32.6 Å². The Morgan fingerprint density at radius 1 is 1.50 bits per heavy atom. The first-order valence-electron chi connectivity index (χ1n) is 3.70. The van der Waals surface area contributed by atoms with Crippen LogP contribution in [0.4, 0.5) is 0 Å². The molecular weight excluding hydrogens is 128 g/mol. The summed E-state index contributed by atoms with van der Waals surface area (Å²) in [5.41, 5.74) is 0. The number of aliphatic hydroxyl groups excluding tert-OH is 2. The number of unbranched alkanes of at least 4 members (excludes halogenated alkanes) is 2. The lowest BCUT2D eigenvalue weighted by Crippen LogP contribution is -1.87. The Bertz CT molecular complexity index is 97.4. The Morgan fingerprint density at radius 2 is 2.20 bits per heavy atom. The van der Waals surface area contributed by atoms with Crippen LogP contribution in [0.2, 0.25) is 0 Å². The first kappa shape index (κ1) is 9.50. The van der Waals surface area contributed by atoms with Crippen molar-refractivity contribution < 1.29 is 10.2 Å². The van der Waals surface area contributed by atoms with Crippen LogP contribution >= 0.6 is 0 Å². The summed E-state index contributed by atoms with van der Waals surface area (Å²) >= 11 is 0. The third kappa shape index (κ3) is 5.63. The Balaban J connectivity index is 3.28. The normalized spacial score (nSPS) is 12.0. The van der Waals surface area contributed by atoms with Crippen LogP contribution in [0.3, 0.4) is 0 Å². The van der Waals surface area contributed by atoms with E-state index in [2.05, 4.69) is 13.0 Å². The fraction of sp³-hybridized carbons (Fsp3) is 0.750. The quantitative estimate of drug-likeness (QED) is 0.455. The number of allylic oxidation sites excluding steroid dienone is 1. The van der Waals surface area contributed by atoms with E-state index >= 15 is 0 Å². The smallest absolute Gasteiger partial charge is 0.0981 e. The molecule has 0 spiro atoms. The van der Waals surface area contributed by atoms with Gasteiger partial charge in [0.25, 0.3) is 0 Å². The molecule has 0 rings (SSSR count). The Labute approximate surface area is 62.2 Å². The second-order valence-electron chi connectivity index (χ2n) is 2.20. The molecule has 0 bridgehead atoms. The fourth-order valence-electron chi connectivity index (χ4n) is 0.604.